The monoisotopic (exact) mass is 858 g/mol. The molecule has 0 heterocycles. The number of carboxylic acid groups (broad SMARTS) is 1. The van der Waals surface area contributed by atoms with Gasteiger partial charge in [0.15, 0.2) is 0 Å². The van der Waals surface area contributed by atoms with Crippen molar-refractivity contribution in [2.24, 2.45) is 5.73 Å². The Balaban J connectivity index is 4.16. The van der Waals surface area contributed by atoms with E-state index in [0.717, 1.165) is 51.4 Å². The van der Waals surface area contributed by atoms with Crippen molar-refractivity contribution in [3.63, 3.8) is 0 Å². The Bertz CT molecular complexity index is 1040. The molecule has 0 spiro atoms. The lowest BCUT2D eigenvalue weighted by atomic mass is 10.0. The van der Waals surface area contributed by atoms with Crippen LogP contribution in [0.2, 0.25) is 0 Å². The predicted molar refractivity (Wildman–Crippen MR) is 245 cm³/mol. The molecule has 0 aliphatic heterocycles. The third-order valence-electron chi connectivity index (χ3n) is 10.7. The van der Waals surface area contributed by atoms with Crippen molar-refractivity contribution in [2.75, 3.05) is 26.4 Å². The fraction of sp³-hybridized carbons (Fsp3) is 0.875. The third kappa shape index (κ3) is 44.3. The maximum atomic E-state index is 12.7. The quantitative estimate of drug-likeness (QED) is 0.0233. The van der Waals surface area contributed by atoms with E-state index in [1.54, 1.807) is 0 Å². The van der Waals surface area contributed by atoms with Crippen LogP contribution in [0.1, 0.15) is 232 Å². The normalized spacial score (nSPS) is 14.0. The van der Waals surface area contributed by atoms with Gasteiger partial charge in [0.05, 0.1) is 19.8 Å². The summed E-state index contributed by atoms with van der Waals surface area (Å²) >= 11 is 0. The number of rotatable bonds is 47. The Hall–Kier alpha value is -1.55. The lowest BCUT2D eigenvalue weighted by molar-refractivity contribution is -0.154. The van der Waals surface area contributed by atoms with Crippen LogP contribution < -0.4 is 5.73 Å². The minimum Gasteiger partial charge on any atom is -0.480 e. The minimum absolute atomic E-state index is 0.0183. The van der Waals surface area contributed by atoms with E-state index < -0.39 is 45.1 Å². The van der Waals surface area contributed by atoms with Crippen molar-refractivity contribution >= 4 is 19.8 Å². The molecule has 0 amide bonds. The second-order valence-corrected chi connectivity index (χ2v) is 18.1. The van der Waals surface area contributed by atoms with Gasteiger partial charge in [-0.15, -0.1) is 0 Å². The number of phosphoric ester groups is 1. The number of nitrogens with two attached hydrogens (primary N) is 1. The largest absolute Gasteiger partial charge is 0.480 e. The number of carbonyl (C=O) groups is 2. The topological polar surface area (TPSA) is 155 Å². The zero-order valence-electron chi connectivity index (χ0n) is 38.1. The van der Waals surface area contributed by atoms with Crippen LogP contribution in [0.3, 0.4) is 0 Å². The first-order chi connectivity index (χ1) is 28.7. The van der Waals surface area contributed by atoms with Crippen LogP contribution in [0.15, 0.2) is 24.3 Å². The Morgan fingerprint density at radius 2 is 0.932 bits per heavy atom. The van der Waals surface area contributed by atoms with Crippen molar-refractivity contribution in [3.05, 3.63) is 24.3 Å². The summed E-state index contributed by atoms with van der Waals surface area (Å²) in [7, 11) is -4.62. The molecule has 0 saturated carbocycles. The molecule has 10 nitrogen and oxygen atoms in total. The fourth-order valence-electron chi connectivity index (χ4n) is 6.93. The van der Waals surface area contributed by atoms with Crippen LogP contribution in [0.25, 0.3) is 0 Å². The van der Waals surface area contributed by atoms with Gasteiger partial charge < -0.3 is 25.2 Å². The van der Waals surface area contributed by atoms with E-state index in [0.29, 0.717) is 13.0 Å². The Morgan fingerprint density at radius 1 is 0.542 bits per heavy atom. The number of aliphatic carboxylic acids is 1. The van der Waals surface area contributed by atoms with Gasteiger partial charge in [0.2, 0.25) is 0 Å². The molecule has 3 unspecified atom stereocenters. The van der Waals surface area contributed by atoms with E-state index >= 15 is 0 Å². The second-order valence-electron chi connectivity index (χ2n) is 16.6. The molecule has 0 aromatic carbocycles. The number of hydrogen-bond acceptors (Lipinski definition) is 8. The number of ether oxygens (including phenoxy) is 2. The highest BCUT2D eigenvalue weighted by Gasteiger charge is 2.27. The maximum Gasteiger partial charge on any atom is 0.472 e. The van der Waals surface area contributed by atoms with E-state index in [2.05, 4.69) is 38.2 Å². The van der Waals surface area contributed by atoms with Gasteiger partial charge in [0, 0.05) is 13.0 Å². The molecule has 4 N–H and O–H groups in total. The van der Waals surface area contributed by atoms with Crippen LogP contribution in [-0.4, -0.2) is 60.5 Å². The highest BCUT2D eigenvalue weighted by atomic mass is 31.2. The summed E-state index contributed by atoms with van der Waals surface area (Å²) in [5.41, 5.74) is 5.37. The lowest BCUT2D eigenvalue weighted by Gasteiger charge is -2.20. The average Bonchev–Trinajstić information content (AvgIpc) is 3.21. The minimum atomic E-state index is -4.62. The van der Waals surface area contributed by atoms with E-state index in [4.69, 9.17) is 29.4 Å². The molecule has 3 atom stereocenters. The summed E-state index contributed by atoms with van der Waals surface area (Å²) in [6, 6.07) is -1.47. The van der Waals surface area contributed by atoms with Crippen molar-refractivity contribution in [1.82, 2.24) is 0 Å². The summed E-state index contributed by atoms with van der Waals surface area (Å²) < 4.78 is 33.5. The molecule has 0 bridgehead atoms. The number of esters is 1. The molecule has 0 rings (SSSR count). The molecule has 11 heteroatoms. The SMILES string of the molecule is CCCCCC/C=C\C/C=C\CCCCCCCCCC(=O)OC(COCCCCCCCCCCCCCCCCCCCCC)COP(=O)(O)OCC(N)C(=O)O. The first-order valence-electron chi connectivity index (χ1n) is 24.4. The lowest BCUT2D eigenvalue weighted by Crippen LogP contribution is -2.34. The molecule has 59 heavy (non-hydrogen) atoms. The zero-order chi connectivity index (χ0) is 43.3. The number of phosphoric acid groups is 1. The Labute approximate surface area is 362 Å². The van der Waals surface area contributed by atoms with Gasteiger partial charge in [0.1, 0.15) is 12.1 Å². The van der Waals surface area contributed by atoms with Gasteiger partial charge in [-0.05, 0) is 44.9 Å². The van der Waals surface area contributed by atoms with Crippen LogP contribution >= 0.6 is 7.82 Å². The highest BCUT2D eigenvalue weighted by Crippen LogP contribution is 2.43. The van der Waals surface area contributed by atoms with Gasteiger partial charge in [0.25, 0.3) is 0 Å². The average molecular weight is 858 g/mol. The molecular weight excluding hydrogens is 766 g/mol. The molecule has 0 aliphatic rings. The molecule has 0 aromatic heterocycles. The molecule has 348 valence electrons. The van der Waals surface area contributed by atoms with E-state index in [9.17, 15) is 19.0 Å². The smallest absolute Gasteiger partial charge is 0.472 e. The van der Waals surface area contributed by atoms with Crippen molar-refractivity contribution in [1.29, 1.82) is 0 Å². The van der Waals surface area contributed by atoms with Gasteiger partial charge >= 0.3 is 19.8 Å². The van der Waals surface area contributed by atoms with Crippen molar-refractivity contribution in [3.8, 4) is 0 Å². The van der Waals surface area contributed by atoms with E-state index in [-0.39, 0.29) is 13.0 Å². The van der Waals surface area contributed by atoms with Crippen LogP contribution in [0, 0.1) is 0 Å². The molecular formula is C48H92NO9P. The molecule has 0 fully saturated rings. The van der Waals surface area contributed by atoms with Gasteiger partial charge in [-0.25, -0.2) is 4.57 Å². The number of carbonyl (C=O) groups excluding carboxylic acids is 1. The van der Waals surface area contributed by atoms with Crippen LogP contribution in [-0.2, 0) is 32.7 Å². The summed E-state index contributed by atoms with van der Waals surface area (Å²) in [5, 5.41) is 8.92. The number of allylic oxidation sites excluding steroid dienone is 4. The Morgan fingerprint density at radius 3 is 1.39 bits per heavy atom. The van der Waals surface area contributed by atoms with E-state index in [1.165, 1.54) is 154 Å². The van der Waals surface area contributed by atoms with Crippen molar-refractivity contribution < 1.29 is 42.7 Å². The first-order valence-corrected chi connectivity index (χ1v) is 25.9. The van der Waals surface area contributed by atoms with Gasteiger partial charge in [-0.1, -0.05) is 205 Å². The third-order valence-corrected chi connectivity index (χ3v) is 11.7. The summed E-state index contributed by atoms with van der Waals surface area (Å²) in [5.74, 6) is -1.78. The Kier molecular flexibility index (Phi) is 43.3. The van der Waals surface area contributed by atoms with E-state index in [1.807, 2.05) is 0 Å². The fourth-order valence-corrected chi connectivity index (χ4v) is 7.71. The second kappa shape index (κ2) is 44.5. The van der Waals surface area contributed by atoms with Crippen molar-refractivity contribution in [2.45, 2.75) is 244 Å². The van der Waals surface area contributed by atoms with Gasteiger partial charge in [-0.2, -0.15) is 0 Å². The standard InChI is InChI=1S/C48H92NO9P/c1-3-5-7-9-11-13-15-17-19-21-23-25-27-29-31-33-35-37-39-41-55-42-45(43-56-59(53,54)57-44-46(49)48(51)52)58-47(50)40-38-36-34-32-30-28-26-24-22-20-18-16-14-12-10-8-6-4-2/h14,16,20,22,45-46H,3-13,15,17-19,21,23-44,49H2,1-2H3,(H,51,52)(H,53,54)/b16-14-,22-20-. The van der Waals surface area contributed by atoms with Gasteiger partial charge in [-0.3, -0.25) is 18.6 Å². The number of hydrogen-bond donors (Lipinski definition) is 3. The van der Waals surface area contributed by atoms with Crippen LogP contribution in [0.4, 0.5) is 0 Å². The number of unbranched alkanes of at least 4 members (excludes halogenated alkanes) is 29. The molecule has 0 saturated heterocycles. The predicted octanol–water partition coefficient (Wildman–Crippen LogP) is 13.9. The highest BCUT2D eigenvalue weighted by molar-refractivity contribution is 7.47. The summed E-state index contributed by atoms with van der Waals surface area (Å²) in [6.45, 7) is 3.90. The number of carboxylic acids is 1. The summed E-state index contributed by atoms with van der Waals surface area (Å²) in [6.07, 6.45) is 49.4. The first kappa shape index (κ1) is 57.4. The molecule has 0 aromatic rings. The zero-order valence-corrected chi connectivity index (χ0v) is 39.0. The summed E-state index contributed by atoms with van der Waals surface area (Å²) in [4.78, 5) is 33.6. The maximum absolute atomic E-state index is 12.7. The molecule has 0 aliphatic carbocycles. The molecule has 0 radical (unpaired) electrons. The van der Waals surface area contributed by atoms with Crippen LogP contribution in [0.5, 0.6) is 0 Å².